The van der Waals surface area contributed by atoms with Crippen molar-refractivity contribution in [3.8, 4) is 0 Å². The second-order valence-corrected chi connectivity index (χ2v) is 6.50. The van der Waals surface area contributed by atoms with Crippen molar-refractivity contribution in [3.05, 3.63) is 39.6 Å². The monoisotopic (exact) mass is 358 g/mol. The Kier molecular flexibility index (Phi) is 6.11. The average Bonchev–Trinajstić information content (AvgIpc) is 2.79. The van der Waals surface area contributed by atoms with Crippen molar-refractivity contribution in [2.75, 3.05) is 12.3 Å². The molecule has 0 atom stereocenters. The van der Waals surface area contributed by atoms with Gasteiger partial charge in [-0.1, -0.05) is 41.0 Å². The lowest BCUT2D eigenvalue weighted by Crippen LogP contribution is -2.27. The number of amides is 1. The zero-order valence-electron chi connectivity index (χ0n) is 12.3. The highest BCUT2D eigenvalue weighted by molar-refractivity contribution is 7.99. The van der Waals surface area contributed by atoms with E-state index in [1.165, 1.54) is 11.8 Å². The minimum absolute atomic E-state index is 0.0456. The summed E-state index contributed by atoms with van der Waals surface area (Å²) in [6.45, 7) is 2.39. The van der Waals surface area contributed by atoms with Crippen molar-refractivity contribution in [2.45, 2.75) is 18.5 Å². The molecule has 8 heteroatoms. The smallest absolute Gasteiger partial charge is 0.230 e. The van der Waals surface area contributed by atoms with Crippen molar-refractivity contribution in [3.63, 3.8) is 0 Å². The van der Waals surface area contributed by atoms with E-state index >= 15 is 0 Å². The van der Waals surface area contributed by atoms with Gasteiger partial charge < -0.3 is 9.88 Å². The molecule has 0 aliphatic carbocycles. The summed E-state index contributed by atoms with van der Waals surface area (Å²) in [4.78, 5) is 11.8. The van der Waals surface area contributed by atoms with Crippen LogP contribution in [0.4, 0.5) is 0 Å². The van der Waals surface area contributed by atoms with Crippen LogP contribution < -0.4 is 5.32 Å². The Bertz CT molecular complexity index is 675. The predicted molar refractivity (Wildman–Crippen MR) is 89.6 cm³/mol. The summed E-state index contributed by atoms with van der Waals surface area (Å²) < 4.78 is 1.85. The van der Waals surface area contributed by atoms with Gasteiger partial charge >= 0.3 is 0 Å². The summed E-state index contributed by atoms with van der Waals surface area (Å²) in [5.41, 5.74) is 0.961. The molecule has 2 aromatic rings. The maximum Gasteiger partial charge on any atom is 0.230 e. The Balaban J connectivity index is 1.75. The number of hydrogen-bond donors (Lipinski definition) is 1. The number of carbonyl (C=O) groups excluding carboxylic acids is 1. The average molecular weight is 359 g/mol. The minimum atomic E-state index is -0.0456. The third-order valence-corrected chi connectivity index (χ3v) is 4.72. The van der Waals surface area contributed by atoms with Crippen LogP contribution in [0, 0.1) is 6.92 Å². The first-order valence-corrected chi connectivity index (χ1v) is 8.41. The molecule has 0 aliphatic rings. The molecule has 5 nitrogen and oxygen atoms in total. The molecule has 0 spiro atoms. The van der Waals surface area contributed by atoms with Crippen LogP contribution in [0.3, 0.4) is 0 Å². The van der Waals surface area contributed by atoms with E-state index in [4.69, 9.17) is 23.2 Å². The fraction of sp³-hybridized carbons (Fsp3) is 0.357. The molecule has 0 unspecified atom stereocenters. The highest BCUT2D eigenvalue weighted by Crippen LogP contribution is 2.21. The van der Waals surface area contributed by atoms with Crippen LogP contribution in [0.1, 0.15) is 11.4 Å². The van der Waals surface area contributed by atoms with Crippen molar-refractivity contribution >= 4 is 40.9 Å². The van der Waals surface area contributed by atoms with Gasteiger partial charge in [-0.3, -0.25) is 4.79 Å². The van der Waals surface area contributed by atoms with E-state index in [0.29, 0.717) is 28.8 Å². The van der Waals surface area contributed by atoms with E-state index in [1.807, 2.05) is 24.6 Å². The largest absolute Gasteiger partial charge is 0.355 e. The zero-order valence-corrected chi connectivity index (χ0v) is 14.6. The number of aryl methyl sites for hydroxylation is 1. The standard InChI is InChI=1S/C14H16Cl2N4OS/c1-9-18-19-14(20(9)2)22-8-13(21)17-6-5-10-3-4-11(15)7-12(10)16/h3-4,7H,5-6,8H2,1-2H3,(H,17,21). The normalized spacial score (nSPS) is 10.7. The number of halogens is 2. The topological polar surface area (TPSA) is 59.8 Å². The van der Waals surface area contributed by atoms with E-state index in [2.05, 4.69) is 15.5 Å². The quantitative estimate of drug-likeness (QED) is 0.806. The molecule has 0 saturated carbocycles. The molecule has 1 aromatic carbocycles. The van der Waals surface area contributed by atoms with Crippen molar-refractivity contribution in [1.29, 1.82) is 0 Å². The highest BCUT2D eigenvalue weighted by Gasteiger charge is 2.09. The second kappa shape index (κ2) is 7.85. The first kappa shape index (κ1) is 17.1. The van der Waals surface area contributed by atoms with Crippen LogP contribution in [0.25, 0.3) is 0 Å². The van der Waals surface area contributed by atoms with E-state index < -0.39 is 0 Å². The summed E-state index contributed by atoms with van der Waals surface area (Å²) in [5.74, 6) is 1.08. The molecule has 2 rings (SSSR count). The number of nitrogens with zero attached hydrogens (tertiary/aromatic N) is 3. The van der Waals surface area contributed by atoms with Crippen molar-refractivity contribution in [1.82, 2.24) is 20.1 Å². The summed E-state index contributed by atoms with van der Waals surface area (Å²) in [7, 11) is 1.87. The van der Waals surface area contributed by atoms with Gasteiger partial charge in [0, 0.05) is 23.6 Å². The Labute approximate surface area is 143 Å². The maximum absolute atomic E-state index is 11.8. The summed E-state index contributed by atoms with van der Waals surface area (Å²) in [6, 6.07) is 5.36. The molecular formula is C14H16Cl2N4OS. The van der Waals surface area contributed by atoms with Crippen LogP contribution in [0.2, 0.25) is 10.0 Å². The SMILES string of the molecule is Cc1nnc(SCC(=O)NCCc2ccc(Cl)cc2Cl)n1C. The molecule has 1 aromatic heterocycles. The van der Waals surface area contributed by atoms with Crippen molar-refractivity contribution < 1.29 is 4.79 Å². The molecule has 1 N–H and O–H groups in total. The van der Waals surface area contributed by atoms with Crippen LogP contribution in [-0.4, -0.2) is 33.0 Å². The number of rotatable bonds is 6. The number of hydrogen-bond acceptors (Lipinski definition) is 4. The summed E-state index contributed by atoms with van der Waals surface area (Å²) >= 11 is 13.3. The van der Waals surface area contributed by atoms with Crippen LogP contribution in [0.5, 0.6) is 0 Å². The number of carbonyl (C=O) groups is 1. The van der Waals surface area contributed by atoms with Gasteiger partial charge in [0.05, 0.1) is 5.75 Å². The Hall–Kier alpha value is -1.24. The number of nitrogens with one attached hydrogen (secondary N) is 1. The zero-order chi connectivity index (χ0) is 16.1. The predicted octanol–water partition coefficient (Wildman–Crippen LogP) is 2.88. The van der Waals surface area contributed by atoms with Gasteiger partial charge in [-0.2, -0.15) is 0 Å². The van der Waals surface area contributed by atoms with Gasteiger partial charge in [0.2, 0.25) is 5.91 Å². The van der Waals surface area contributed by atoms with Crippen molar-refractivity contribution in [2.24, 2.45) is 7.05 Å². The van der Waals surface area contributed by atoms with E-state index in [9.17, 15) is 4.79 Å². The van der Waals surface area contributed by atoms with Gasteiger partial charge in [-0.05, 0) is 31.0 Å². The molecule has 0 aliphatic heterocycles. The molecule has 0 saturated heterocycles. The molecule has 118 valence electrons. The van der Waals surface area contributed by atoms with Gasteiger partial charge in [-0.15, -0.1) is 10.2 Å². The van der Waals surface area contributed by atoms with E-state index in [1.54, 1.807) is 12.1 Å². The lowest BCUT2D eigenvalue weighted by molar-refractivity contribution is -0.118. The summed E-state index contributed by atoms with van der Waals surface area (Å²) in [5, 5.41) is 12.8. The number of aromatic nitrogens is 3. The Morgan fingerprint density at radius 1 is 1.36 bits per heavy atom. The third-order valence-electron chi connectivity index (χ3n) is 3.12. The highest BCUT2D eigenvalue weighted by atomic mass is 35.5. The second-order valence-electron chi connectivity index (χ2n) is 4.71. The fourth-order valence-corrected chi connectivity index (χ4v) is 3.05. The number of thioether (sulfide) groups is 1. The molecule has 22 heavy (non-hydrogen) atoms. The van der Waals surface area contributed by atoms with Gasteiger partial charge in [0.1, 0.15) is 5.82 Å². The molecular weight excluding hydrogens is 343 g/mol. The van der Waals surface area contributed by atoms with Gasteiger partial charge in [0.25, 0.3) is 0 Å². The third kappa shape index (κ3) is 4.63. The summed E-state index contributed by atoms with van der Waals surface area (Å²) in [6.07, 6.45) is 0.662. The molecule has 1 amide bonds. The van der Waals surface area contributed by atoms with Crippen LogP contribution in [0.15, 0.2) is 23.4 Å². The molecule has 0 fully saturated rings. The fourth-order valence-electron chi connectivity index (χ4n) is 1.76. The minimum Gasteiger partial charge on any atom is -0.355 e. The maximum atomic E-state index is 11.8. The van der Waals surface area contributed by atoms with Crippen LogP contribution in [-0.2, 0) is 18.3 Å². The van der Waals surface area contributed by atoms with E-state index in [0.717, 1.165) is 16.5 Å². The van der Waals surface area contributed by atoms with Gasteiger partial charge in [0.15, 0.2) is 5.16 Å². The lowest BCUT2D eigenvalue weighted by atomic mass is 10.1. The lowest BCUT2D eigenvalue weighted by Gasteiger charge is -2.07. The molecule has 0 radical (unpaired) electrons. The molecule has 0 bridgehead atoms. The number of benzene rings is 1. The molecule has 1 heterocycles. The van der Waals surface area contributed by atoms with Crippen LogP contribution >= 0.6 is 35.0 Å². The van der Waals surface area contributed by atoms with Gasteiger partial charge in [-0.25, -0.2) is 0 Å². The van der Waals surface area contributed by atoms with E-state index in [-0.39, 0.29) is 5.91 Å². The first-order valence-electron chi connectivity index (χ1n) is 6.67. The first-order chi connectivity index (χ1) is 10.5. The Morgan fingerprint density at radius 2 is 2.14 bits per heavy atom. The Morgan fingerprint density at radius 3 is 2.77 bits per heavy atom.